The molecule has 1 aromatic rings. The molecule has 1 aromatic carbocycles. The Bertz CT molecular complexity index is 415. The highest BCUT2D eigenvalue weighted by Gasteiger charge is 2.14. The SMILES string of the molecule is COc1cc(C#N)cc(Cl)c1OC(C)CN. The van der Waals surface area contributed by atoms with Crippen molar-refractivity contribution in [3.05, 3.63) is 22.7 Å². The molecule has 0 saturated heterocycles. The summed E-state index contributed by atoms with van der Waals surface area (Å²) in [6.07, 6.45) is -0.167. The average Bonchev–Trinajstić information content (AvgIpc) is 2.30. The topological polar surface area (TPSA) is 68.3 Å². The smallest absolute Gasteiger partial charge is 0.180 e. The van der Waals surface area contributed by atoms with Gasteiger partial charge in [-0.15, -0.1) is 0 Å². The second-order valence-corrected chi connectivity index (χ2v) is 3.67. The molecule has 0 radical (unpaired) electrons. The van der Waals surface area contributed by atoms with Gasteiger partial charge in [0.15, 0.2) is 11.5 Å². The predicted molar refractivity (Wildman–Crippen MR) is 61.9 cm³/mol. The van der Waals surface area contributed by atoms with Crippen LogP contribution in [0, 0.1) is 11.3 Å². The summed E-state index contributed by atoms with van der Waals surface area (Å²) in [6.45, 7) is 2.20. The molecule has 0 aliphatic rings. The van der Waals surface area contributed by atoms with Crippen LogP contribution < -0.4 is 15.2 Å². The first-order chi connectivity index (χ1) is 7.62. The van der Waals surface area contributed by atoms with E-state index in [4.69, 9.17) is 32.1 Å². The molecular weight excluding hydrogens is 228 g/mol. The molecule has 0 aromatic heterocycles. The lowest BCUT2D eigenvalue weighted by Gasteiger charge is -2.16. The van der Waals surface area contributed by atoms with E-state index in [2.05, 4.69) is 0 Å². The Morgan fingerprint density at radius 1 is 1.56 bits per heavy atom. The minimum atomic E-state index is -0.167. The lowest BCUT2D eigenvalue weighted by Crippen LogP contribution is -2.23. The van der Waals surface area contributed by atoms with Crippen molar-refractivity contribution in [2.75, 3.05) is 13.7 Å². The number of hydrogen-bond acceptors (Lipinski definition) is 4. The normalized spacial score (nSPS) is 11.7. The summed E-state index contributed by atoms with van der Waals surface area (Å²) in [7, 11) is 1.49. The van der Waals surface area contributed by atoms with Crippen LogP contribution in [0.3, 0.4) is 0 Å². The Balaban J connectivity index is 3.12. The summed E-state index contributed by atoms with van der Waals surface area (Å²) in [5.41, 5.74) is 5.88. The van der Waals surface area contributed by atoms with E-state index < -0.39 is 0 Å². The van der Waals surface area contributed by atoms with Gasteiger partial charge in [0.2, 0.25) is 0 Å². The number of nitrogens with two attached hydrogens (primary N) is 1. The molecule has 2 N–H and O–H groups in total. The summed E-state index contributed by atoms with van der Waals surface area (Å²) in [5, 5.41) is 9.12. The maximum absolute atomic E-state index is 8.78. The lowest BCUT2D eigenvalue weighted by atomic mass is 10.2. The summed E-state index contributed by atoms with van der Waals surface area (Å²) in [4.78, 5) is 0. The molecule has 0 aliphatic heterocycles. The summed E-state index contributed by atoms with van der Waals surface area (Å²) < 4.78 is 10.6. The van der Waals surface area contributed by atoms with Gasteiger partial charge in [0.05, 0.1) is 23.8 Å². The summed E-state index contributed by atoms with van der Waals surface area (Å²) >= 11 is 6.00. The van der Waals surface area contributed by atoms with Gasteiger partial charge in [-0.05, 0) is 13.0 Å². The summed E-state index contributed by atoms with van der Waals surface area (Å²) in [6, 6.07) is 5.10. The van der Waals surface area contributed by atoms with Crippen molar-refractivity contribution in [2.24, 2.45) is 5.73 Å². The number of nitrogens with zero attached hydrogens (tertiary/aromatic N) is 1. The molecule has 0 saturated carbocycles. The van der Waals surface area contributed by atoms with Crippen molar-refractivity contribution in [3.8, 4) is 17.6 Å². The van der Waals surface area contributed by atoms with E-state index >= 15 is 0 Å². The Morgan fingerprint density at radius 3 is 2.75 bits per heavy atom. The fourth-order valence-electron chi connectivity index (χ4n) is 1.15. The summed E-state index contributed by atoms with van der Waals surface area (Å²) in [5.74, 6) is 0.852. The zero-order valence-electron chi connectivity index (χ0n) is 9.16. The minimum Gasteiger partial charge on any atom is -0.493 e. The average molecular weight is 241 g/mol. The highest BCUT2D eigenvalue weighted by atomic mass is 35.5. The molecule has 0 aliphatic carbocycles. The first-order valence-electron chi connectivity index (χ1n) is 4.76. The number of ether oxygens (including phenoxy) is 2. The van der Waals surface area contributed by atoms with Crippen LogP contribution in [0.5, 0.6) is 11.5 Å². The highest BCUT2D eigenvalue weighted by molar-refractivity contribution is 6.32. The molecule has 4 nitrogen and oxygen atoms in total. The van der Waals surface area contributed by atoms with Crippen molar-refractivity contribution in [1.82, 2.24) is 0 Å². The van der Waals surface area contributed by atoms with Crippen LogP contribution in [0.2, 0.25) is 5.02 Å². The van der Waals surface area contributed by atoms with E-state index in [1.807, 2.05) is 13.0 Å². The number of nitriles is 1. The van der Waals surface area contributed by atoms with Gasteiger partial charge < -0.3 is 15.2 Å². The van der Waals surface area contributed by atoms with Gasteiger partial charge >= 0.3 is 0 Å². The maximum Gasteiger partial charge on any atom is 0.180 e. The van der Waals surface area contributed by atoms with Crippen molar-refractivity contribution in [2.45, 2.75) is 13.0 Å². The van der Waals surface area contributed by atoms with Crippen molar-refractivity contribution < 1.29 is 9.47 Å². The number of rotatable bonds is 4. The zero-order chi connectivity index (χ0) is 12.1. The van der Waals surface area contributed by atoms with Gasteiger partial charge in [-0.2, -0.15) is 5.26 Å². The van der Waals surface area contributed by atoms with Crippen LogP contribution in [0.1, 0.15) is 12.5 Å². The van der Waals surface area contributed by atoms with Crippen LogP contribution in [-0.4, -0.2) is 19.8 Å². The molecule has 0 fully saturated rings. The quantitative estimate of drug-likeness (QED) is 0.873. The second-order valence-electron chi connectivity index (χ2n) is 3.27. The molecule has 16 heavy (non-hydrogen) atoms. The number of halogens is 1. The van der Waals surface area contributed by atoms with E-state index in [1.165, 1.54) is 13.2 Å². The lowest BCUT2D eigenvalue weighted by molar-refractivity contribution is 0.219. The molecule has 5 heteroatoms. The first-order valence-corrected chi connectivity index (χ1v) is 5.14. The minimum absolute atomic E-state index is 0.167. The Kier molecular flexibility index (Phi) is 4.41. The zero-order valence-corrected chi connectivity index (χ0v) is 9.91. The Labute approximate surface area is 99.5 Å². The van der Waals surface area contributed by atoms with Gasteiger partial charge in [-0.1, -0.05) is 11.6 Å². The molecular formula is C11H13ClN2O2. The van der Waals surface area contributed by atoms with Gasteiger partial charge in [-0.25, -0.2) is 0 Å². The molecule has 0 heterocycles. The van der Waals surface area contributed by atoms with Gasteiger partial charge in [-0.3, -0.25) is 0 Å². The molecule has 1 atom stereocenters. The van der Waals surface area contributed by atoms with Crippen LogP contribution in [0.15, 0.2) is 12.1 Å². The van der Waals surface area contributed by atoms with Gasteiger partial charge in [0, 0.05) is 12.6 Å². The van der Waals surface area contributed by atoms with Crippen LogP contribution >= 0.6 is 11.6 Å². The van der Waals surface area contributed by atoms with E-state index in [0.29, 0.717) is 28.6 Å². The number of benzene rings is 1. The Hall–Kier alpha value is -1.44. The maximum atomic E-state index is 8.78. The predicted octanol–water partition coefficient (Wildman–Crippen LogP) is 1.95. The highest BCUT2D eigenvalue weighted by Crippen LogP contribution is 2.36. The first kappa shape index (κ1) is 12.6. The molecule has 1 rings (SSSR count). The van der Waals surface area contributed by atoms with E-state index in [-0.39, 0.29) is 6.10 Å². The third kappa shape index (κ3) is 2.78. The fraction of sp³-hybridized carbons (Fsp3) is 0.364. The van der Waals surface area contributed by atoms with Crippen molar-refractivity contribution in [1.29, 1.82) is 5.26 Å². The standard InChI is InChI=1S/C11H13ClN2O2/c1-7(5-13)16-11-9(12)3-8(6-14)4-10(11)15-2/h3-4,7H,5,13H2,1-2H3. The monoisotopic (exact) mass is 240 g/mol. The third-order valence-electron chi connectivity index (χ3n) is 2.01. The fourth-order valence-corrected chi connectivity index (χ4v) is 1.40. The van der Waals surface area contributed by atoms with Crippen molar-refractivity contribution >= 4 is 11.6 Å². The van der Waals surface area contributed by atoms with Gasteiger partial charge in [0.25, 0.3) is 0 Å². The second kappa shape index (κ2) is 5.59. The molecule has 0 amide bonds. The van der Waals surface area contributed by atoms with E-state index in [0.717, 1.165) is 0 Å². The van der Waals surface area contributed by atoms with Crippen LogP contribution in [0.4, 0.5) is 0 Å². The molecule has 0 bridgehead atoms. The van der Waals surface area contributed by atoms with E-state index in [9.17, 15) is 0 Å². The van der Waals surface area contributed by atoms with Gasteiger partial charge in [0.1, 0.15) is 6.10 Å². The van der Waals surface area contributed by atoms with E-state index in [1.54, 1.807) is 6.07 Å². The van der Waals surface area contributed by atoms with Crippen molar-refractivity contribution in [3.63, 3.8) is 0 Å². The molecule has 86 valence electrons. The number of methoxy groups -OCH3 is 1. The van der Waals surface area contributed by atoms with Crippen LogP contribution in [0.25, 0.3) is 0 Å². The van der Waals surface area contributed by atoms with Crippen LogP contribution in [-0.2, 0) is 0 Å². The third-order valence-corrected chi connectivity index (χ3v) is 2.29. The molecule has 0 spiro atoms. The molecule has 1 unspecified atom stereocenters. The Morgan fingerprint density at radius 2 is 2.25 bits per heavy atom. The largest absolute Gasteiger partial charge is 0.493 e. The number of hydrogen-bond donors (Lipinski definition) is 1.